The van der Waals surface area contributed by atoms with Crippen molar-refractivity contribution in [3.63, 3.8) is 0 Å². The van der Waals surface area contributed by atoms with Crippen molar-refractivity contribution in [3.05, 3.63) is 29.1 Å². The van der Waals surface area contributed by atoms with Crippen molar-refractivity contribution in [2.75, 3.05) is 40.0 Å². The van der Waals surface area contributed by atoms with Gasteiger partial charge in [-0.25, -0.2) is 0 Å². The number of hydrogen-bond acceptors (Lipinski definition) is 5. The molecular formula is C24H32F3N3O3. The molecule has 2 aliphatic heterocycles. The number of methoxy groups -OCH3 is 1. The summed E-state index contributed by atoms with van der Waals surface area (Å²) in [5, 5.41) is 0. The first-order valence-corrected chi connectivity index (χ1v) is 12.0. The molecule has 1 aromatic heterocycles. The molecule has 33 heavy (non-hydrogen) atoms. The van der Waals surface area contributed by atoms with Gasteiger partial charge in [0.15, 0.2) is 0 Å². The quantitative estimate of drug-likeness (QED) is 0.680. The molecule has 4 aliphatic rings. The maximum Gasteiger partial charge on any atom is 0.417 e. The second-order valence-electron chi connectivity index (χ2n) is 10.1. The van der Waals surface area contributed by atoms with E-state index in [1.54, 1.807) is 12.0 Å². The van der Waals surface area contributed by atoms with Gasteiger partial charge >= 0.3 is 6.18 Å². The lowest BCUT2D eigenvalue weighted by Crippen LogP contribution is -2.53. The van der Waals surface area contributed by atoms with E-state index in [-0.39, 0.29) is 18.5 Å². The number of carbonyl (C=O) groups is 1. The summed E-state index contributed by atoms with van der Waals surface area (Å²) >= 11 is 0. The van der Waals surface area contributed by atoms with Crippen LogP contribution in [0.4, 0.5) is 13.2 Å². The van der Waals surface area contributed by atoms with E-state index in [9.17, 15) is 18.0 Å². The molecular weight excluding hydrogens is 435 g/mol. The number of aromatic nitrogens is 1. The smallest absolute Gasteiger partial charge is 0.383 e. The van der Waals surface area contributed by atoms with Crippen LogP contribution in [0.3, 0.4) is 0 Å². The topological polar surface area (TPSA) is 54.9 Å². The molecule has 0 N–H and O–H groups in total. The Morgan fingerprint density at radius 1 is 1.36 bits per heavy atom. The highest BCUT2D eigenvalue weighted by Gasteiger charge is 2.57. The summed E-state index contributed by atoms with van der Waals surface area (Å²) in [6.07, 6.45) is 1.75. The van der Waals surface area contributed by atoms with Gasteiger partial charge < -0.3 is 14.4 Å². The van der Waals surface area contributed by atoms with E-state index in [2.05, 4.69) is 9.88 Å². The number of pyridine rings is 1. The third-order valence-corrected chi connectivity index (χ3v) is 8.29. The molecule has 0 bridgehead atoms. The zero-order valence-corrected chi connectivity index (χ0v) is 19.1. The summed E-state index contributed by atoms with van der Waals surface area (Å²) in [4.78, 5) is 22.3. The third-order valence-electron chi connectivity index (χ3n) is 8.29. The number of carbonyl (C=O) groups excluding carboxylic acids is 1. The van der Waals surface area contributed by atoms with Crippen LogP contribution in [0, 0.1) is 11.3 Å². The summed E-state index contributed by atoms with van der Waals surface area (Å²) in [6.45, 7) is 3.53. The van der Waals surface area contributed by atoms with E-state index in [1.807, 2.05) is 0 Å². The van der Waals surface area contributed by atoms with Crippen LogP contribution in [0.25, 0.3) is 0 Å². The molecule has 9 heteroatoms. The number of hydrogen-bond donors (Lipinski definition) is 0. The molecule has 3 fully saturated rings. The van der Waals surface area contributed by atoms with Crippen molar-refractivity contribution in [2.24, 2.45) is 11.3 Å². The molecule has 2 aliphatic carbocycles. The largest absolute Gasteiger partial charge is 0.417 e. The molecule has 5 rings (SSSR count). The van der Waals surface area contributed by atoms with Gasteiger partial charge in [0.05, 0.1) is 36.8 Å². The minimum absolute atomic E-state index is 0.132. The molecule has 1 saturated heterocycles. The molecule has 2 saturated carbocycles. The molecule has 0 spiro atoms. The molecule has 1 aromatic rings. The Bertz CT molecular complexity index is 893. The highest BCUT2D eigenvalue weighted by atomic mass is 19.4. The summed E-state index contributed by atoms with van der Waals surface area (Å²) in [7, 11) is 1.70. The maximum absolute atomic E-state index is 13.9. The number of alkyl halides is 3. The van der Waals surface area contributed by atoms with Crippen molar-refractivity contribution in [1.82, 2.24) is 14.8 Å². The zero-order valence-electron chi connectivity index (χ0n) is 19.1. The van der Waals surface area contributed by atoms with Gasteiger partial charge in [0.2, 0.25) is 5.91 Å². The van der Waals surface area contributed by atoms with Crippen LogP contribution in [-0.2, 0) is 33.4 Å². The van der Waals surface area contributed by atoms with Gasteiger partial charge in [-0.15, -0.1) is 0 Å². The van der Waals surface area contributed by atoms with Gasteiger partial charge in [-0.05, 0) is 43.2 Å². The van der Waals surface area contributed by atoms with E-state index in [0.29, 0.717) is 56.0 Å². The molecule has 0 radical (unpaired) electrons. The van der Waals surface area contributed by atoms with Crippen LogP contribution < -0.4 is 0 Å². The lowest BCUT2D eigenvalue weighted by molar-refractivity contribution is -0.144. The van der Waals surface area contributed by atoms with E-state index >= 15 is 0 Å². The van der Waals surface area contributed by atoms with Gasteiger partial charge in [-0.3, -0.25) is 14.7 Å². The van der Waals surface area contributed by atoms with Gasteiger partial charge in [0, 0.05) is 51.1 Å². The Labute approximate surface area is 192 Å². The van der Waals surface area contributed by atoms with Gasteiger partial charge in [0.1, 0.15) is 0 Å². The monoisotopic (exact) mass is 467 g/mol. The average Bonchev–Trinajstić information content (AvgIpc) is 3.36. The maximum atomic E-state index is 13.9. The SMILES string of the molecule is COC[C@@H]1COCCN1[C@H]1C[C@H]2CCC[C@@]2(C(=O)N2CCc3ncc(C(F)(F)F)cc3C2)C1. The molecule has 182 valence electrons. The molecule has 4 atom stereocenters. The van der Waals surface area contributed by atoms with Crippen LogP contribution in [0.1, 0.15) is 48.9 Å². The molecule has 6 nitrogen and oxygen atoms in total. The summed E-state index contributed by atoms with van der Waals surface area (Å²) in [6, 6.07) is 1.69. The number of morpholine rings is 1. The van der Waals surface area contributed by atoms with E-state index in [0.717, 1.165) is 44.8 Å². The van der Waals surface area contributed by atoms with Gasteiger partial charge in [0.25, 0.3) is 0 Å². The first-order chi connectivity index (χ1) is 15.8. The molecule has 3 heterocycles. The molecule has 0 unspecified atom stereocenters. The van der Waals surface area contributed by atoms with Crippen molar-refractivity contribution in [1.29, 1.82) is 0 Å². The van der Waals surface area contributed by atoms with E-state index in [1.165, 1.54) is 6.07 Å². The fraction of sp³-hybridized carbons (Fsp3) is 0.750. The van der Waals surface area contributed by atoms with Crippen LogP contribution in [-0.4, -0.2) is 72.8 Å². The molecule has 1 amide bonds. The standard InChI is InChI=1S/C24H32F3N3O3/c1-32-14-20-15-33-8-7-30(20)19-10-17-3-2-5-23(17,11-19)22(31)29-6-4-21-16(13-29)9-18(12-28-21)24(25,26)27/h9,12,17,19-20H,2-8,10-11,13-15H2,1H3/t17-,19+,20-,23-/m1/s1. The fourth-order valence-electron chi connectivity index (χ4n) is 6.76. The lowest BCUT2D eigenvalue weighted by Gasteiger charge is -2.41. The van der Waals surface area contributed by atoms with Crippen LogP contribution in [0.15, 0.2) is 12.3 Å². The van der Waals surface area contributed by atoms with Crippen LogP contribution >= 0.6 is 0 Å². The second kappa shape index (κ2) is 8.82. The minimum Gasteiger partial charge on any atom is -0.383 e. The molecule has 0 aromatic carbocycles. The van der Waals surface area contributed by atoms with E-state index < -0.39 is 17.2 Å². The van der Waals surface area contributed by atoms with Crippen molar-refractivity contribution in [3.8, 4) is 0 Å². The third kappa shape index (κ3) is 4.17. The normalized spacial score (nSPS) is 32.6. The fourth-order valence-corrected chi connectivity index (χ4v) is 6.76. The lowest BCUT2D eigenvalue weighted by atomic mass is 9.78. The number of rotatable bonds is 4. The Balaban J connectivity index is 1.35. The summed E-state index contributed by atoms with van der Waals surface area (Å²) < 4.78 is 50.7. The number of ether oxygens (including phenoxy) is 2. The minimum atomic E-state index is -4.43. The first-order valence-electron chi connectivity index (χ1n) is 12.0. The Morgan fingerprint density at radius 2 is 2.21 bits per heavy atom. The first kappa shape index (κ1) is 23.1. The number of fused-ring (bicyclic) bond motifs is 2. The highest BCUT2D eigenvalue weighted by molar-refractivity contribution is 5.84. The van der Waals surface area contributed by atoms with Crippen molar-refractivity contribution >= 4 is 5.91 Å². The summed E-state index contributed by atoms with van der Waals surface area (Å²) in [5.74, 6) is 0.467. The zero-order chi connectivity index (χ0) is 23.2. The Morgan fingerprint density at radius 3 is 3.00 bits per heavy atom. The Hall–Kier alpha value is -1.71. The average molecular weight is 468 g/mol. The van der Waals surface area contributed by atoms with Crippen LogP contribution in [0.2, 0.25) is 0 Å². The van der Waals surface area contributed by atoms with E-state index in [4.69, 9.17) is 9.47 Å². The van der Waals surface area contributed by atoms with Gasteiger partial charge in [-0.1, -0.05) is 6.42 Å². The summed E-state index contributed by atoms with van der Waals surface area (Å²) in [5.41, 5.74) is 0.0587. The van der Waals surface area contributed by atoms with Crippen molar-refractivity contribution < 1.29 is 27.4 Å². The second-order valence-corrected chi connectivity index (χ2v) is 10.1. The number of amides is 1. The number of nitrogens with zero attached hydrogens (tertiary/aromatic N) is 3. The predicted molar refractivity (Wildman–Crippen MR) is 114 cm³/mol. The van der Waals surface area contributed by atoms with Crippen LogP contribution in [0.5, 0.6) is 0 Å². The highest BCUT2D eigenvalue weighted by Crippen LogP contribution is 2.56. The van der Waals surface area contributed by atoms with Gasteiger partial charge in [-0.2, -0.15) is 13.2 Å². The Kier molecular flexibility index (Phi) is 6.16. The predicted octanol–water partition coefficient (Wildman–Crippen LogP) is 3.28. The van der Waals surface area contributed by atoms with Crippen molar-refractivity contribution in [2.45, 2.75) is 63.3 Å². The number of halogens is 3.